The van der Waals surface area contributed by atoms with Crippen LogP contribution >= 0.6 is 0 Å². The van der Waals surface area contributed by atoms with Crippen LogP contribution in [0.2, 0.25) is 0 Å². The van der Waals surface area contributed by atoms with Crippen LogP contribution in [0, 0.1) is 5.92 Å². The molecule has 2 nitrogen and oxygen atoms in total. The summed E-state index contributed by atoms with van der Waals surface area (Å²) in [5, 5.41) is 0. The summed E-state index contributed by atoms with van der Waals surface area (Å²) in [5.74, 6) is 1.70. The number of rotatable bonds is 8. The molecule has 18 heavy (non-hydrogen) atoms. The molecule has 0 aromatic heterocycles. The highest BCUT2D eigenvalue weighted by molar-refractivity contribution is 5.27. The molecule has 102 valence electrons. The van der Waals surface area contributed by atoms with Gasteiger partial charge in [0.25, 0.3) is 0 Å². The van der Waals surface area contributed by atoms with Crippen LogP contribution in [0.4, 0.5) is 0 Å². The molecular weight excluding hydrogens is 222 g/mol. The fourth-order valence-electron chi connectivity index (χ4n) is 2.31. The van der Waals surface area contributed by atoms with E-state index in [2.05, 4.69) is 26.0 Å². The zero-order valence-electron chi connectivity index (χ0n) is 12.0. The van der Waals surface area contributed by atoms with E-state index < -0.39 is 0 Å². The lowest BCUT2D eigenvalue weighted by atomic mass is 9.92. The molecule has 1 aromatic rings. The normalized spacial score (nSPS) is 12.7. The minimum absolute atomic E-state index is 0.331. The molecule has 0 bridgehead atoms. The van der Waals surface area contributed by atoms with Crippen LogP contribution in [0.15, 0.2) is 24.3 Å². The van der Waals surface area contributed by atoms with Gasteiger partial charge in [-0.2, -0.15) is 0 Å². The monoisotopic (exact) mass is 249 g/mol. The standard InChI is InChI=1S/C16H27NO/c1-4-13(5-2)12-15(17)9-6-14-7-10-16(18-3)11-8-14/h7-8,10-11,13,15H,4-6,9,12,17H2,1-3H3. The molecule has 1 aromatic carbocycles. The van der Waals surface area contributed by atoms with Crippen molar-refractivity contribution in [2.24, 2.45) is 11.7 Å². The van der Waals surface area contributed by atoms with Crippen LogP contribution in [0.1, 0.15) is 45.1 Å². The highest BCUT2D eigenvalue weighted by atomic mass is 16.5. The minimum atomic E-state index is 0.331. The summed E-state index contributed by atoms with van der Waals surface area (Å²) in [6.45, 7) is 4.51. The third-order valence-electron chi connectivity index (χ3n) is 3.75. The number of nitrogens with two attached hydrogens (primary N) is 1. The molecule has 0 fully saturated rings. The van der Waals surface area contributed by atoms with Crippen molar-refractivity contribution in [3.63, 3.8) is 0 Å². The molecule has 1 rings (SSSR count). The molecular formula is C16H27NO. The molecule has 1 atom stereocenters. The van der Waals surface area contributed by atoms with Crippen molar-refractivity contribution in [3.8, 4) is 5.75 Å². The number of methoxy groups -OCH3 is 1. The third kappa shape index (κ3) is 5.09. The number of hydrogen-bond donors (Lipinski definition) is 1. The highest BCUT2D eigenvalue weighted by Gasteiger charge is 2.10. The zero-order valence-corrected chi connectivity index (χ0v) is 12.0. The smallest absolute Gasteiger partial charge is 0.118 e. The van der Waals surface area contributed by atoms with Crippen LogP contribution < -0.4 is 10.5 Å². The first-order chi connectivity index (χ1) is 8.69. The lowest BCUT2D eigenvalue weighted by molar-refractivity contribution is 0.397. The third-order valence-corrected chi connectivity index (χ3v) is 3.75. The Hall–Kier alpha value is -1.02. The Labute approximate surface area is 112 Å². The maximum absolute atomic E-state index is 6.20. The Kier molecular flexibility index (Phi) is 6.81. The van der Waals surface area contributed by atoms with Crippen molar-refractivity contribution in [1.29, 1.82) is 0 Å². The highest BCUT2D eigenvalue weighted by Crippen LogP contribution is 2.18. The molecule has 2 heteroatoms. The number of aryl methyl sites for hydroxylation is 1. The molecule has 1 unspecified atom stereocenters. The van der Waals surface area contributed by atoms with Crippen LogP contribution in [0.5, 0.6) is 5.75 Å². The first-order valence-corrected chi connectivity index (χ1v) is 7.08. The van der Waals surface area contributed by atoms with Gasteiger partial charge in [-0.3, -0.25) is 0 Å². The molecule has 0 amide bonds. The predicted octanol–water partition coefficient (Wildman–Crippen LogP) is 3.78. The van der Waals surface area contributed by atoms with Gasteiger partial charge in [-0.1, -0.05) is 38.8 Å². The van der Waals surface area contributed by atoms with E-state index in [1.165, 1.54) is 18.4 Å². The molecule has 0 heterocycles. The maximum Gasteiger partial charge on any atom is 0.118 e. The van der Waals surface area contributed by atoms with Gasteiger partial charge in [-0.05, 0) is 42.9 Å². The number of hydrogen-bond acceptors (Lipinski definition) is 2. The fraction of sp³-hybridized carbons (Fsp3) is 0.625. The second-order valence-electron chi connectivity index (χ2n) is 5.07. The van der Waals surface area contributed by atoms with Crippen molar-refractivity contribution in [1.82, 2.24) is 0 Å². The molecule has 0 aliphatic rings. The Bertz CT molecular complexity index is 316. The van der Waals surface area contributed by atoms with E-state index in [1.54, 1.807) is 7.11 Å². The Morgan fingerprint density at radius 2 is 1.72 bits per heavy atom. The van der Waals surface area contributed by atoms with E-state index in [-0.39, 0.29) is 0 Å². The lowest BCUT2D eigenvalue weighted by Gasteiger charge is -2.18. The summed E-state index contributed by atoms with van der Waals surface area (Å²) in [5.41, 5.74) is 7.55. The first-order valence-electron chi connectivity index (χ1n) is 7.08. The Morgan fingerprint density at radius 3 is 2.22 bits per heavy atom. The molecule has 0 saturated carbocycles. The van der Waals surface area contributed by atoms with Gasteiger partial charge in [-0.15, -0.1) is 0 Å². The summed E-state index contributed by atoms with van der Waals surface area (Å²) >= 11 is 0. The van der Waals surface area contributed by atoms with Gasteiger partial charge in [0.05, 0.1) is 7.11 Å². The van der Waals surface area contributed by atoms with Gasteiger partial charge in [0.15, 0.2) is 0 Å². The summed E-state index contributed by atoms with van der Waals surface area (Å²) in [6, 6.07) is 8.62. The molecule has 0 aliphatic carbocycles. The minimum Gasteiger partial charge on any atom is -0.497 e. The van der Waals surface area contributed by atoms with Crippen molar-refractivity contribution in [2.75, 3.05) is 7.11 Å². The van der Waals surface area contributed by atoms with E-state index in [9.17, 15) is 0 Å². The van der Waals surface area contributed by atoms with Crippen molar-refractivity contribution >= 4 is 0 Å². The van der Waals surface area contributed by atoms with Gasteiger partial charge >= 0.3 is 0 Å². The summed E-state index contributed by atoms with van der Waals surface area (Å²) in [4.78, 5) is 0. The molecule has 0 saturated heterocycles. The predicted molar refractivity (Wildman–Crippen MR) is 78.0 cm³/mol. The first kappa shape index (κ1) is 15.0. The maximum atomic E-state index is 6.20. The van der Waals surface area contributed by atoms with Gasteiger partial charge in [0.1, 0.15) is 5.75 Å². The molecule has 0 radical (unpaired) electrons. The Morgan fingerprint density at radius 1 is 1.11 bits per heavy atom. The van der Waals surface area contributed by atoms with Gasteiger partial charge in [0, 0.05) is 6.04 Å². The largest absolute Gasteiger partial charge is 0.497 e. The van der Waals surface area contributed by atoms with Crippen molar-refractivity contribution in [2.45, 2.75) is 52.0 Å². The van der Waals surface area contributed by atoms with E-state index in [4.69, 9.17) is 10.5 Å². The quantitative estimate of drug-likeness (QED) is 0.761. The molecule has 2 N–H and O–H groups in total. The van der Waals surface area contributed by atoms with Gasteiger partial charge in [0.2, 0.25) is 0 Å². The number of ether oxygens (including phenoxy) is 1. The second kappa shape index (κ2) is 8.15. The molecule has 0 spiro atoms. The molecule has 0 aliphatic heterocycles. The van der Waals surface area contributed by atoms with Gasteiger partial charge in [-0.25, -0.2) is 0 Å². The SMILES string of the molecule is CCC(CC)CC(N)CCc1ccc(OC)cc1. The van der Waals surface area contributed by atoms with Crippen LogP contribution in [0.3, 0.4) is 0 Å². The topological polar surface area (TPSA) is 35.2 Å². The van der Waals surface area contributed by atoms with Gasteiger partial charge < -0.3 is 10.5 Å². The average Bonchev–Trinajstić information content (AvgIpc) is 2.43. The van der Waals surface area contributed by atoms with Crippen LogP contribution in [-0.4, -0.2) is 13.2 Å². The van der Waals surface area contributed by atoms with E-state index in [0.717, 1.165) is 30.9 Å². The fourth-order valence-corrected chi connectivity index (χ4v) is 2.31. The number of benzene rings is 1. The van der Waals surface area contributed by atoms with Crippen LogP contribution in [0.25, 0.3) is 0 Å². The van der Waals surface area contributed by atoms with E-state index >= 15 is 0 Å². The lowest BCUT2D eigenvalue weighted by Crippen LogP contribution is -2.24. The van der Waals surface area contributed by atoms with E-state index in [1.807, 2.05) is 12.1 Å². The Balaban J connectivity index is 2.34. The second-order valence-corrected chi connectivity index (χ2v) is 5.07. The average molecular weight is 249 g/mol. The van der Waals surface area contributed by atoms with Crippen molar-refractivity contribution in [3.05, 3.63) is 29.8 Å². The summed E-state index contributed by atoms with van der Waals surface area (Å²) in [7, 11) is 1.69. The van der Waals surface area contributed by atoms with E-state index in [0.29, 0.717) is 6.04 Å². The van der Waals surface area contributed by atoms with Crippen LogP contribution in [-0.2, 0) is 6.42 Å². The van der Waals surface area contributed by atoms with Crippen molar-refractivity contribution < 1.29 is 4.74 Å². The summed E-state index contributed by atoms with van der Waals surface area (Å²) in [6.07, 6.45) is 5.77. The zero-order chi connectivity index (χ0) is 13.4. The summed E-state index contributed by atoms with van der Waals surface area (Å²) < 4.78 is 5.15.